The van der Waals surface area contributed by atoms with E-state index in [1.165, 1.54) is 49.0 Å². The molecule has 3 rings (SSSR count). The summed E-state index contributed by atoms with van der Waals surface area (Å²) in [5.74, 6) is 0. The predicted octanol–water partition coefficient (Wildman–Crippen LogP) is 3.99. The van der Waals surface area contributed by atoms with Gasteiger partial charge in [-0.25, -0.2) is 0 Å². The Labute approximate surface area is 126 Å². The zero-order valence-corrected chi connectivity index (χ0v) is 13.2. The lowest BCUT2D eigenvalue weighted by molar-refractivity contribution is -0.0703. The van der Waals surface area contributed by atoms with E-state index in [1.807, 2.05) is 7.05 Å². The van der Waals surface area contributed by atoms with E-state index in [2.05, 4.69) is 41.3 Å². The normalized spacial score (nSPS) is 25.1. The maximum Gasteiger partial charge on any atom is 0.0693 e. The van der Waals surface area contributed by atoms with Crippen molar-refractivity contribution in [3.05, 3.63) is 29.8 Å². The van der Waals surface area contributed by atoms with E-state index in [9.17, 15) is 0 Å². The third kappa shape index (κ3) is 3.38. The van der Waals surface area contributed by atoms with E-state index in [1.54, 1.807) is 0 Å². The quantitative estimate of drug-likeness (QED) is 0.906. The molecule has 1 aliphatic carbocycles. The molecule has 1 saturated heterocycles. The minimum absolute atomic E-state index is 0.238. The van der Waals surface area contributed by atoms with Crippen LogP contribution in [-0.2, 0) is 11.3 Å². The van der Waals surface area contributed by atoms with E-state index in [4.69, 9.17) is 4.74 Å². The molecule has 1 saturated carbocycles. The summed E-state index contributed by atoms with van der Waals surface area (Å²) in [6.45, 7) is 1.90. The molecule has 1 heterocycles. The van der Waals surface area contributed by atoms with Crippen LogP contribution in [0.3, 0.4) is 0 Å². The number of benzene rings is 1. The lowest BCUT2D eigenvalue weighted by Gasteiger charge is -2.38. The zero-order valence-electron chi connectivity index (χ0n) is 12.4. The SMILES string of the molecule is CNCc1ccc(SC2CCOC3(CCCC3)C2)cc1. The van der Waals surface area contributed by atoms with Crippen molar-refractivity contribution in [2.75, 3.05) is 13.7 Å². The predicted molar refractivity (Wildman–Crippen MR) is 85.2 cm³/mol. The number of rotatable bonds is 4. The molecule has 0 bridgehead atoms. The van der Waals surface area contributed by atoms with E-state index in [-0.39, 0.29) is 5.60 Å². The first kappa shape index (κ1) is 14.4. The highest BCUT2D eigenvalue weighted by molar-refractivity contribution is 8.00. The lowest BCUT2D eigenvalue weighted by Crippen LogP contribution is -2.38. The first-order valence-electron chi connectivity index (χ1n) is 7.84. The van der Waals surface area contributed by atoms with Gasteiger partial charge in [-0.3, -0.25) is 0 Å². The van der Waals surface area contributed by atoms with Crippen LogP contribution in [0.2, 0.25) is 0 Å². The third-order valence-corrected chi connectivity index (χ3v) is 5.85. The number of hydrogen-bond acceptors (Lipinski definition) is 3. The van der Waals surface area contributed by atoms with Gasteiger partial charge < -0.3 is 10.1 Å². The standard InChI is InChI=1S/C17H25NOS/c1-18-13-14-4-6-15(7-5-14)20-16-8-11-19-17(12-16)9-2-3-10-17/h4-7,16,18H,2-3,8-13H2,1H3. The Bertz CT molecular complexity index is 425. The molecule has 1 N–H and O–H groups in total. The first-order valence-corrected chi connectivity index (χ1v) is 8.72. The minimum Gasteiger partial charge on any atom is -0.375 e. The molecule has 110 valence electrons. The largest absolute Gasteiger partial charge is 0.375 e. The second-order valence-corrected chi connectivity index (χ2v) is 7.52. The Morgan fingerprint density at radius 3 is 2.70 bits per heavy atom. The van der Waals surface area contributed by atoms with Crippen molar-refractivity contribution in [2.45, 2.75) is 60.8 Å². The Morgan fingerprint density at radius 2 is 2.00 bits per heavy atom. The van der Waals surface area contributed by atoms with Crippen molar-refractivity contribution >= 4 is 11.8 Å². The van der Waals surface area contributed by atoms with Crippen LogP contribution in [0.5, 0.6) is 0 Å². The molecule has 1 unspecified atom stereocenters. The number of hydrogen-bond donors (Lipinski definition) is 1. The topological polar surface area (TPSA) is 21.3 Å². The second kappa shape index (κ2) is 6.50. The molecule has 1 atom stereocenters. The van der Waals surface area contributed by atoms with Gasteiger partial charge in [0.2, 0.25) is 0 Å². The third-order valence-electron chi connectivity index (χ3n) is 4.57. The monoisotopic (exact) mass is 291 g/mol. The molecule has 0 radical (unpaired) electrons. The Hall–Kier alpha value is -0.510. The molecule has 1 aromatic rings. The number of nitrogens with one attached hydrogen (secondary N) is 1. The lowest BCUT2D eigenvalue weighted by atomic mass is 9.92. The fourth-order valence-electron chi connectivity index (χ4n) is 3.53. The van der Waals surface area contributed by atoms with Crippen LogP contribution in [0.25, 0.3) is 0 Å². The van der Waals surface area contributed by atoms with Gasteiger partial charge >= 0.3 is 0 Å². The molecular weight excluding hydrogens is 266 g/mol. The number of thioether (sulfide) groups is 1. The first-order chi connectivity index (χ1) is 9.80. The van der Waals surface area contributed by atoms with Gasteiger partial charge in [0.1, 0.15) is 0 Å². The maximum atomic E-state index is 6.12. The van der Waals surface area contributed by atoms with Crippen LogP contribution >= 0.6 is 11.8 Å². The van der Waals surface area contributed by atoms with Gasteiger partial charge in [-0.05, 0) is 50.4 Å². The van der Waals surface area contributed by atoms with Crippen molar-refractivity contribution < 1.29 is 4.74 Å². The Balaban J connectivity index is 1.59. The van der Waals surface area contributed by atoms with Gasteiger partial charge in [0.25, 0.3) is 0 Å². The van der Waals surface area contributed by atoms with Crippen LogP contribution in [-0.4, -0.2) is 24.5 Å². The molecular formula is C17H25NOS. The molecule has 3 heteroatoms. The molecule has 0 amide bonds. The van der Waals surface area contributed by atoms with Crippen molar-refractivity contribution in [3.8, 4) is 0 Å². The highest BCUT2D eigenvalue weighted by Crippen LogP contribution is 2.44. The zero-order chi connectivity index (χ0) is 13.8. The summed E-state index contributed by atoms with van der Waals surface area (Å²) in [6.07, 6.45) is 7.73. The van der Waals surface area contributed by atoms with Gasteiger partial charge in [0.15, 0.2) is 0 Å². The fourth-order valence-corrected chi connectivity index (χ4v) is 4.81. The molecule has 2 nitrogen and oxygen atoms in total. The average Bonchev–Trinajstić information content (AvgIpc) is 2.89. The van der Waals surface area contributed by atoms with Gasteiger partial charge in [0.05, 0.1) is 5.60 Å². The van der Waals surface area contributed by atoms with Crippen LogP contribution in [0, 0.1) is 0 Å². The van der Waals surface area contributed by atoms with Gasteiger partial charge in [-0.1, -0.05) is 25.0 Å². The molecule has 20 heavy (non-hydrogen) atoms. The van der Waals surface area contributed by atoms with E-state index in [0.29, 0.717) is 0 Å². The molecule has 2 aliphatic rings. The van der Waals surface area contributed by atoms with Crippen molar-refractivity contribution in [3.63, 3.8) is 0 Å². The van der Waals surface area contributed by atoms with Crippen LogP contribution in [0.15, 0.2) is 29.2 Å². The summed E-state index contributed by atoms with van der Waals surface area (Å²) in [5, 5.41) is 3.93. The number of ether oxygens (including phenoxy) is 1. The summed E-state index contributed by atoms with van der Waals surface area (Å²) < 4.78 is 6.12. The van der Waals surface area contributed by atoms with Crippen LogP contribution in [0.4, 0.5) is 0 Å². The summed E-state index contributed by atoms with van der Waals surface area (Å²) in [6, 6.07) is 9.02. The van der Waals surface area contributed by atoms with Crippen molar-refractivity contribution in [1.29, 1.82) is 0 Å². The van der Waals surface area contributed by atoms with Crippen LogP contribution in [0.1, 0.15) is 44.1 Å². The van der Waals surface area contributed by atoms with Crippen molar-refractivity contribution in [2.24, 2.45) is 0 Å². The highest BCUT2D eigenvalue weighted by Gasteiger charge is 2.40. The van der Waals surface area contributed by atoms with Gasteiger partial charge in [-0.2, -0.15) is 0 Å². The summed E-state index contributed by atoms with van der Waals surface area (Å²) in [5.41, 5.74) is 1.60. The van der Waals surface area contributed by atoms with Gasteiger partial charge in [-0.15, -0.1) is 11.8 Å². The average molecular weight is 291 g/mol. The molecule has 2 fully saturated rings. The summed E-state index contributed by atoms with van der Waals surface area (Å²) >= 11 is 2.05. The van der Waals surface area contributed by atoms with Crippen molar-refractivity contribution in [1.82, 2.24) is 5.32 Å². The fraction of sp³-hybridized carbons (Fsp3) is 0.647. The molecule has 1 aromatic carbocycles. The smallest absolute Gasteiger partial charge is 0.0693 e. The van der Waals surface area contributed by atoms with E-state index < -0.39 is 0 Å². The van der Waals surface area contributed by atoms with Crippen LogP contribution < -0.4 is 5.32 Å². The van der Waals surface area contributed by atoms with Gasteiger partial charge in [0, 0.05) is 23.3 Å². The Morgan fingerprint density at radius 1 is 1.25 bits per heavy atom. The molecule has 1 aliphatic heterocycles. The summed E-state index contributed by atoms with van der Waals surface area (Å²) in [4.78, 5) is 1.41. The Kier molecular flexibility index (Phi) is 4.69. The molecule has 1 spiro atoms. The summed E-state index contributed by atoms with van der Waals surface area (Å²) in [7, 11) is 1.99. The minimum atomic E-state index is 0.238. The second-order valence-electron chi connectivity index (χ2n) is 6.15. The molecule has 0 aromatic heterocycles. The van der Waals surface area contributed by atoms with E-state index >= 15 is 0 Å². The highest BCUT2D eigenvalue weighted by atomic mass is 32.2. The van der Waals surface area contributed by atoms with E-state index in [0.717, 1.165) is 18.4 Å². The maximum absolute atomic E-state index is 6.12.